The molecular weight excluding hydrogens is 119 g/mol. The zero-order valence-electron chi connectivity index (χ0n) is 4.29. The molecule has 2 N–H and O–H groups in total. The SMILES string of the molecule is CC(C(=O)O)C(=O)O.[LiH]. The molecule has 0 spiro atoms. The standard InChI is InChI=1S/C4H6O4.Li.H/c1-2(3(5)6)4(7)8;;/h2H,1H3,(H,5,6)(H,7,8);;. The van der Waals surface area contributed by atoms with Crippen LogP contribution in [0.3, 0.4) is 0 Å². The number of carbonyl (C=O) groups is 2. The number of aliphatic carboxylic acids is 2. The summed E-state index contributed by atoms with van der Waals surface area (Å²) < 4.78 is 0. The molecule has 0 atom stereocenters. The molecule has 9 heavy (non-hydrogen) atoms. The van der Waals surface area contributed by atoms with Crippen LogP contribution in [0.1, 0.15) is 6.92 Å². The molecule has 0 fully saturated rings. The Morgan fingerprint density at radius 3 is 1.44 bits per heavy atom. The summed E-state index contributed by atoms with van der Waals surface area (Å²) in [6, 6.07) is 0. The van der Waals surface area contributed by atoms with Crippen molar-refractivity contribution in [3.8, 4) is 0 Å². The van der Waals surface area contributed by atoms with E-state index in [1.807, 2.05) is 0 Å². The quantitative estimate of drug-likeness (QED) is 0.373. The minimum absolute atomic E-state index is 0. The fourth-order valence-electron chi connectivity index (χ4n) is 0.106. The zero-order valence-corrected chi connectivity index (χ0v) is 4.29. The zero-order chi connectivity index (χ0) is 6.73. The van der Waals surface area contributed by atoms with E-state index in [0.29, 0.717) is 0 Å². The van der Waals surface area contributed by atoms with E-state index >= 15 is 0 Å². The van der Waals surface area contributed by atoms with Gasteiger partial charge in [-0.15, -0.1) is 0 Å². The fourth-order valence-corrected chi connectivity index (χ4v) is 0.106. The van der Waals surface area contributed by atoms with Gasteiger partial charge in [-0.3, -0.25) is 9.59 Å². The van der Waals surface area contributed by atoms with E-state index in [-0.39, 0.29) is 18.9 Å². The second kappa shape index (κ2) is 4.42. The molecule has 0 amide bonds. The van der Waals surface area contributed by atoms with Gasteiger partial charge in [0.2, 0.25) is 0 Å². The number of carboxylic acid groups (broad SMARTS) is 2. The molecule has 0 aromatic carbocycles. The molecule has 0 aromatic rings. The van der Waals surface area contributed by atoms with Gasteiger partial charge >= 0.3 is 30.8 Å². The van der Waals surface area contributed by atoms with Crippen LogP contribution in [0.5, 0.6) is 0 Å². The van der Waals surface area contributed by atoms with E-state index in [2.05, 4.69) is 0 Å². The Labute approximate surface area is 64.0 Å². The first kappa shape index (κ1) is 11.3. The number of hydrogen-bond acceptors (Lipinski definition) is 2. The molecule has 0 heterocycles. The third kappa shape index (κ3) is 4.07. The third-order valence-corrected chi connectivity index (χ3v) is 0.741. The van der Waals surface area contributed by atoms with E-state index < -0.39 is 17.9 Å². The van der Waals surface area contributed by atoms with Gasteiger partial charge in [0.15, 0.2) is 5.92 Å². The van der Waals surface area contributed by atoms with E-state index in [9.17, 15) is 9.59 Å². The van der Waals surface area contributed by atoms with Crippen molar-refractivity contribution in [2.45, 2.75) is 6.92 Å². The van der Waals surface area contributed by atoms with E-state index in [1.165, 1.54) is 0 Å². The van der Waals surface area contributed by atoms with Crippen molar-refractivity contribution in [2.75, 3.05) is 0 Å². The average Bonchev–Trinajstić information content (AvgIpc) is 1.64. The van der Waals surface area contributed by atoms with Gasteiger partial charge in [-0.25, -0.2) is 0 Å². The van der Waals surface area contributed by atoms with Gasteiger partial charge in [-0.1, -0.05) is 0 Å². The van der Waals surface area contributed by atoms with E-state index in [1.54, 1.807) is 0 Å². The predicted molar refractivity (Wildman–Crippen MR) is 31.6 cm³/mol. The van der Waals surface area contributed by atoms with Crippen molar-refractivity contribution >= 4 is 30.8 Å². The second-order valence-electron chi connectivity index (χ2n) is 1.40. The summed E-state index contributed by atoms with van der Waals surface area (Å²) in [5.74, 6) is -3.91. The van der Waals surface area contributed by atoms with Crippen LogP contribution in [0.25, 0.3) is 0 Å². The number of hydrogen-bond donors (Lipinski definition) is 2. The molecule has 0 rings (SSSR count). The van der Waals surface area contributed by atoms with Crippen LogP contribution in [0.2, 0.25) is 0 Å². The van der Waals surface area contributed by atoms with Gasteiger partial charge in [0, 0.05) is 0 Å². The van der Waals surface area contributed by atoms with Crippen molar-refractivity contribution in [3.05, 3.63) is 0 Å². The van der Waals surface area contributed by atoms with Crippen LogP contribution in [-0.4, -0.2) is 41.0 Å². The van der Waals surface area contributed by atoms with Crippen LogP contribution in [0.4, 0.5) is 0 Å². The van der Waals surface area contributed by atoms with Gasteiger partial charge in [0.1, 0.15) is 0 Å². The first-order valence-electron chi connectivity index (χ1n) is 2.01. The molecule has 0 saturated carbocycles. The Hall–Kier alpha value is -0.463. The maximum absolute atomic E-state index is 9.76. The summed E-state index contributed by atoms with van der Waals surface area (Å²) >= 11 is 0. The predicted octanol–water partition coefficient (Wildman–Crippen LogP) is -0.857. The molecule has 0 aliphatic heterocycles. The Bertz CT molecular complexity index is 108. The van der Waals surface area contributed by atoms with Gasteiger partial charge in [-0.2, -0.15) is 0 Å². The molecule has 0 saturated heterocycles. The Morgan fingerprint density at radius 2 is 1.44 bits per heavy atom. The number of carboxylic acids is 2. The number of rotatable bonds is 2. The van der Waals surface area contributed by atoms with Crippen LogP contribution in [0, 0.1) is 5.92 Å². The molecule has 48 valence electrons. The Kier molecular flexibility index (Phi) is 5.57. The summed E-state index contributed by atoms with van der Waals surface area (Å²) in [6.45, 7) is 1.12. The normalized spacial score (nSPS) is 8.22. The first-order chi connectivity index (χ1) is 3.55. The van der Waals surface area contributed by atoms with Crippen molar-refractivity contribution < 1.29 is 19.8 Å². The topological polar surface area (TPSA) is 74.6 Å². The summed E-state index contributed by atoms with van der Waals surface area (Å²) in [6.07, 6.45) is 0. The summed E-state index contributed by atoms with van der Waals surface area (Å²) in [5, 5.41) is 15.9. The van der Waals surface area contributed by atoms with Gasteiger partial charge < -0.3 is 10.2 Å². The molecule has 0 bridgehead atoms. The van der Waals surface area contributed by atoms with Crippen molar-refractivity contribution in [1.29, 1.82) is 0 Å². The summed E-state index contributed by atoms with van der Waals surface area (Å²) in [5.41, 5.74) is 0. The van der Waals surface area contributed by atoms with Gasteiger partial charge in [0.25, 0.3) is 0 Å². The van der Waals surface area contributed by atoms with Crippen molar-refractivity contribution in [3.63, 3.8) is 0 Å². The van der Waals surface area contributed by atoms with Crippen LogP contribution in [-0.2, 0) is 9.59 Å². The van der Waals surface area contributed by atoms with Gasteiger partial charge in [-0.05, 0) is 6.92 Å². The van der Waals surface area contributed by atoms with Crippen LogP contribution >= 0.6 is 0 Å². The van der Waals surface area contributed by atoms with E-state index in [0.717, 1.165) is 6.92 Å². The molecule has 5 heteroatoms. The minimum atomic E-state index is -1.31. The molecule has 0 aliphatic carbocycles. The molecule has 4 nitrogen and oxygen atoms in total. The fraction of sp³-hybridized carbons (Fsp3) is 0.500. The van der Waals surface area contributed by atoms with Crippen LogP contribution in [0.15, 0.2) is 0 Å². The van der Waals surface area contributed by atoms with Gasteiger partial charge in [0.05, 0.1) is 0 Å². The van der Waals surface area contributed by atoms with Crippen LogP contribution < -0.4 is 0 Å². The van der Waals surface area contributed by atoms with Crippen molar-refractivity contribution in [2.24, 2.45) is 5.92 Å². The molecule has 0 unspecified atom stereocenters. The second-order valence-corrected chi connectivity index (χ2v) is 1.40. The van der Waals surface area contributed by atoms with E-state index in [4.69, 9.17) is 10.2 Å². The molecule has 0 aliphatic rings. The summed E-state index contributed by atoms with van der Waals surface area (Å²) in [7, 11) is 0. The third-order valence-electron chi connectivity index (χ3n) is 0.741. The molecular formula is C4H7LiO4. The monoisotopic (exact) mass is 126 g/mol. The Morgan fingerprint density at radius 1 is 1.22 bits per heavy atom. The molecule has 0 aromatic heterocycles. The summed E-state index contributed by atoms with van der Waals surface area (Å²) in [4.78, 5) is 19.5. The Balaban J connectivity index is 0. The average molecular weight is 126 g/mol. The molecule has 0 radical (unpaired) electrons. The van der Waals surface area contributed by atoms with Crippen molar-refractivity contribution in [1.82, 2.24) is 0 Å². The maximum atomic E-state index is 9.76. The first-order valence-corrected chi connectivity index (χ1v) is 2.01.